The number of hydrogen-bond donors (Lipinski definition) is 0. The maximum absolute atomic E-state index is 11.5. The number of hydrogen-bond acceptors (Lipinski definition) is 5. The lowest BCUT2D eigenvalue weighted by molar-refractivity contribution is -0.134. The van der Waals surface area contributed by atoms with Crippen molar-refractivity contribution in [2.24, 2.45) is 0 Å². The standard InChI is InChI=1S/C8H13NO5S/c1-8(2)6(10)9(7(11)14-8)4-5-15(3,12)13/h4-5H2,1-3H3. The number of rotatable bonds is 3. The average Bonchev–Trinajstić information content (AvgIpc) is 2.18. The first kappa shape index (κ1) is 12.0. The molecule has 0 N–H and O–H groups in total. The highest BCUT2D eigenvalue weighted by Crippen LogP contribution is 2.22. The lowest BCUT2D eigenvalue weighted by Crippen LogP contribution is -2.38. The molecule has 0 aliphatic carbocycles. The summed E-state index contributed by atoms with van der Waals surface area (Å²) in [5.41, 5.74) is -1.19. The van der Waals surface area contributed by atoms with Gasteiger partial charge in [-0.3, -0.25) is 4.79 Å². The molecule has 1 saturated heterocycles. The van der Waals surface area contributed by atoms with Crippen molar-refractivity contribution < 1.29 is 22.7 Å². The fourth-order valence-corrected chi connectivity index (χ4v) is 1.69. The van der Waals surface area contributed by atoms with Crippen molar-refractivity contribution in [2.45, 2.75) is 19.4 Å². The van der Waals surface area contributed by atoms with Crippen molar-refractivity contribution in [1.82, 2.24) is 4.90 Å². The molecule has 6 nitrogen and oxygen atoms in total. The highest BCUT2D eigenvalue weighted by Gasteiger charge is 2.46. The van der Waals surface area contributed by atoms with E-state index in [2.05, 4.69) is 0 Å². The van der Waals surface area contributed by atoms with Crippen LogP contribution in [0.2, 0.25) is 0 Å². The van der Waals surface area contributed by atoms with Crippen LogP contribution in [-0.4, -0.2) is 49.5 Å². The first-order valence-corrected chi connectivity index (χ1v) is 6.42. The van der Waals surface area contributed by atoms with Gasteiger partial charge in [0.2, 0.25) is 0 Å². The Hall–Kier alpha value is -1.11. The second-order valence-electron chi connectivity index (χ2n) is 3.96. The number of carbonyl (C=O) groups is 2. The van der Waals surface area contributed by atoms with Gasteiger partial charge in [-0.25, -0.2) is 18.1 Å². The predicted octanol–water partition coefficient (Wildman–Crippen LogP) is -0.212. The summed E-state index contributed by atoms with van der Waals surface area (Å²) in [6.45, 7) is 2.78. The zero-order valence-electron chi connectivity index (χ0n) is 8.81. The molecule has 15 heavy (non-hydrogen) atoms. The minimum Gasteiger partial charge on any atom is -0.433 e. The van der Waals surface area contributed by atoms with Gasteiger partial charge in [-0.2, -0.15) is 0 Å². The molecule has 0 atom stereocenters. The molecule has 0 aromatic heterocycles. The SMILES string of the molecule is CC1(C)OC(=O)N(CCS(C)(=O)=O)C1=O. The Morgan fingerprint density at radius 1 is 1.33 bits per heavy atom. The van der Waals surface area contributed by atoms with Crippen LogP contribution in [-0.2, 0) is 19.4 Å². The maximum Gasteiger partial charge on any atom is 0.417 e. The van der Waals surface area contributed by atoms with Crippen LogP contribution in [0.5, 0.6) is 0 Å². The van der Waals surface area contributed by atoms with E-state index in [1.54, 1.807) is 0 Å². The van der Waals surface area contributed by atoms with E-state index in [1.807, 2.05) is 0 Å². The summed E-state index contributed by atoms with van der Waals surface area (Å²) < 4.78 is 26.5. The minimum absolute atomic E-state index is 0.153. The number of sulfone groups is 1. The van der Waals surface area contributed by atoms with Crippen molar-refractivity contribution in [3.63, 3.8) is 0 Å². The van der Waals surface area contributed by atoms with E-state index >= 15 is 0 Å². The minimum atomic E-state index is -3.20. The van der Waals surface area contributed by atoms with E-state index in [0.717, 1.165) is 11.2 Å². The van der Waals surface area contributed by atoms with Crippen molar-refractivity contribution in [3.05, 3.63) is 0 Å². The Kier molecular flexibility index (Phi) is 2.77. The van der Waals surface area contributed by atoms with Gasteiger partial charge in [0.15, 0.2) is 5.60 Å². The molecular weight excluding hydrogens is 222 g/mol. The van der Waals surface area contributed by atoms with E-state index in [1.165, 1.54) is 13.8 Å². The van der Waals surface area contributed by atoms with Gasteiger partial charge in [-0.1, -0.05) is 0 Å². The second-order valence-corrected chi connectivity index (χ2v) is 6.22. The van der Waals surface area contributed by atoms with E-state index < -0.39 is 27.4 Å². The molecule has 1 aliphatic heterocycles. The molecule has 2 amide bonds. The van der Waals surface area contributed by atoms with Crippen molar-refractivity contribution in [1.29, 1.82) is 0 Å². The first-order valence-electron chi connectivity index (χ1n) is 4.36. The normalized spacial score (nSPS) is 20.6. The van der Waals surface area contributed by atoms with Crippen LogP contribution >= 0.6 is 0 Å². The Morgan fingerprint density at radius 2 is 1.87 bits per heavy atom. The van der Waals surface area contributed by atoms with Crippen LogP contribution in [0.15, 0.2) is 0 Å². The summed E-state index contributed by atoms with van der Waals surface area (Å²) in [5.74, 6) is -0.750. The summed E-state index contributed by atoms with van der Waals surface area (Å²) in [7, 11) is -3.20. The molecule has 0 aromatic carbocycles. The number of cyclic esters (lactones) is 1. The maximum atomic E-state index is 11.5. The predicted molar refractivity (Wildman–Crippen MR) is 52.0 cm³/mol. The molecule has 0 saturated carbocycles. The molecule has 1 heterocycles. The fraction of sp³-hybridized carbons (Fsp3) is 0.750. The second kappa shape index (κ2) is 3.48. The first-order chi connectivity index (χ1) is 6.63. The van der Waals surface area contributed by atoms with E-state index in [0.29, 0.717) is 0 Å². The third-order valence-electron chi connectivity index (χ3n) is 2.01. The topological polar surface area (TPSA) is 80.8 Å². The molecule has 86 valence electrons. The molecule has 0 aromatic rings. The van der Waals surface area contributed by atoms with E-state index in [9.17, 15) is 18.0 Å². The molecule has 0 radical (unpaired) electrons. The molecular formula is C8H13NO5S. The Morgan fingerprint density at radius 3 is 2.20 bits per heavy atom. The van der Waals surface area contributed by atoms with Crippen molar-refractivity contribution in [3.8, 4) is 0 Å². The summed E-state index contributed by atoms with van der Waals surface area (Å²) in [6.07, 6.45) is 0.262. The number of ether oxygens (including phenoxy) is 1. The number of imide groups is 1. The zero-order valence-corrected chi connectivity index (χ0v) is 9.63. The Bertz CT molecular complexity index is 397. The molecule has 1 rings (SSSR count). The van der Waals surface area contributed by atoms with Crippen molar-refractivity contribution in [2.75, 3.05) is 18.6 Å². The van der Waals surface area contributed by atoms with Crippen LogP contribution < -0.4 is 0 Å². The van der Waals surface area contributed by atoms with Gasteiger partial charge in [-0.05, 0) is 13.8 Å². The van der Waals surface area contributed by atoms with Gasteiger partial charge in [0, 0.05) is 12.8 Å². The third-order valence-corrected chi connectivity index (χ3v) is 2.93. The van der Waals surface area contributed by atoms with Gasteiger partial charge in [0.25, 0.3) is 5.91 Å². The largest absolute Gasteiger partial charge is 0.433 e. The summed E-state index contributed by atoms with van der Waals surface area (Å²) in [4.78, 5) is 23.6. The number of carbonyl (C=O) groups excluding carboxylic acids is 2. The van der Waals surface area contributed by atoms with Gasteiger partial charge in [0.05, 0.1) is 5.75 Å². The summed E-state index contributed by atoms with van der Waals surface area (Å²) in [6, 6.07) is 0. The molecule has 1 aliphatic rings. The van der Waals surface area contributed by atoms with Crippen LogP contribution in [0.4, 0.5) is 4.79 Å². The third kappa shape index (κ3) is 2.68. The summed E-state index contributed by atoms with van der Waals surface area (Å²) in [5, 5.41) is 0. The van der Waals surface area contributed by atoms with Gasteiger partial charge in [0.1, 0.15) is 9.84 Å². The summed E-state index contributed by atoms with van der Waals surface area (Å²) >= 11 is 0. The zero-order chi connectivity index (χ0) is 11.9. The Labute approximate surface area is 88.1 Å². The molecule has 7 heteroatoms. The van der Waals surface area contributed by atoms with Gasteiger partial charge in [-0.15, -0.1) is 0 Å². The van der Waals surface area contributed by atoms with Crippen LogP contribution in [0.3, 0.4) is 0 Å². The molecule has 1 fully saturated rings. The van der Waals surface area contributed by atoms with E-state index in [-0.39, 0.29) is 12.3 Å². The van der Waals surface area contributed by atoms with Gasteiger partial charge < -0.3 is 4.74 Å². The lowest BCUT2D eigenvalue weighted by Gasteiger charge is -2.13. The van der Waals surface area contributed by atoms with E-state index in [4.69, 9.17) is 4.74 Å². The monoisotopic (exact) mass is 235 g/mol. The number of amides is 2. The van der Waals surface area contributed by atoms with Crippen LogP contribution in [0, 0.1) is 0 Å². The smallest absolute Gasteiger partial charge is 0.417 e. The molecule has 0 spiro atoms. The molecule has 0 bridgehead atoms. The van der Waals surface area contributed by atoms with Gasteiger partial charge >= 0.3 is 6.09 Å². The Balaban J connectivity index is 2.73. The average molecular weight is 235 g/mol. The highest BCUT2D eigenvalue weighted by molar-refractivity contribution is 7.90. The quantitative estimate of drug-likeness (QED) is 0.676. The van der Waals surface area contributed by atoms with Crippen molar-refractivity contribution >= 4 is 21.8 Å². The highest BCUT2D eigenvalue weighted by atomic mass is 32.2. The molecule has 0 unspecified atom stereocenters. The van der Waals surface area contributed by atoms with Crippen LogP contribution in [0.25, 0.3) is 0 Å². The van der Waals surface area contributed by atoms with Crippen LogP contribution in [0.1, 0.15) is 13.8 Å². The lowest BCUT2D eigenvalue weighted by atomic mass is 10.1. The fourth-order valence-electron chi connectivity index (χ4n) is 1.17. The number of nitrogens with zero attached hydrogens (tertiary/aromatic N) is 1.